The Morgan fingerprint density at radius 1 is 1.79 bits per heavy atom. The third-order valence-corrected chi connectivity index (χ3v) is 3.07. The number of ether oxygens (including phenoxy) is 1. The number of azide groups is 1. The van der Waals surface area contributed by atoms with Crippen molar-refractivity contribution < 1.29 is 9.84 Å². The number of nitrogens with two attached hydrogens (primary N) is 1. The molecule has 0 spiro atoms. The minimum atomic E-state index is -0.620. The molecule has 0 aliphatic carbocycles. The molecule has 102 valence electrons. The van der Waals surface area contributed by atoms with Crippen molar-refractivity contribution in [2.75, 3.05) is 12.3 Å². The molecule has 19 heavy (non-hydrogen) atoms. The fraction of sp³-hybridized carbons (Fsp3) is 0.600. The van der Waals surface area contributed by atoms with E-state index in [2.05, 4.69) is 15.0 Å². The molecule has 9 heteroatoms. The number of aryl methyl sites for hydroxylation is 1. The van der Waals surface area contributed by atoms with Gasteiger partial charge in [0.2, 0.25) is 0 Å². The summed E-state index contributed by atoms with van der Waals surface area (Å²) < 4.78 is 6.80. The second-order valence-corrected chi connectivity index (χ2v) is 4.32. The lowest BCUT2D eigenvalue weighted by Crippen LogP contribution is -2.28. The number of hydrogen-bond acceptors (Lipinski definition) is 6. The van der Waals surface area contributed by atoms with Crippen LogP contribution in [0.1, 0.15) is 18.2 Å². The van der Waals surface area contributed by atoms with E-state index in [1.54, 1.807) is 13.1 Å². The maximum atomic E-state index is 11.8. The first kappa shape index (κ1) is 13.3. The Labute approximate surface area is 108 Å². The summed E-state index contributed by atoms with van der Waals surface area (Å²) in [4.78, 5) is 18.2. The largest absolute Gasteiger partial charge is 0.394 e. The zero-order chi connectivity index (χ0) is 14.0. The first-order valence-corrected chi connectivity index (χ1v) is 5.72. The summed E-state index contributed by atoms with van der Waals surface area (Å²) in [7, 11) is 0. The predicted molar refractivity (Wildman–Crippen MR) is 66.2 cm³/mol. The fourth-order valence-electron chi connectivity index (χ4n) is 2.02. The maximum Gasteiger partial charge on any atom is 0.351 e. The Morgan fingerprint density at radius 2 is 2.53 bits per heavy atom. The molecule has 1 aromatic rings. The number of rotatable bonds is 3. The average Bonchev–Trinajstić information content (AvgIpc) is 2.77. The molecule has 1 aliphatic rings. The van der Waals surface area contributed by atoms with Gasteiger partial charge in [0.15, 0.2) is 0 Å². The van der Waals surface area contributed by atoms with E-state index in [-0.39, 0.29) is 12.4 Å². The molecule has 9 nitrogen and oxygen atoms in total. The lowest BCUT2D eigenvalue weighted by molar-refractivity contribution is -0.0270. The van der Waals surface area contributed by atoms with Crippen LogP contribution in [0.2, 0.25) is 0 Å². The van der Waals surface area contributed by atoms with E-state index in [9.17, 15) is 4.79 Å². The highest BCUT2D eigenvalue weighted by atomic mass is 16.5. The summed E-state index contributed by atoms with van der Waals surface area (Å²) in [6, 6.07) is -0.509. The van der Waals surface area contributed by atoms with Crippen LogP contribution in [0, 0.1) is 6.92 Å². The van der Waals surface area contributed by atoms with E-state index < -0.39 is 24.1 Å². The fourth-order valence-corrected chi connectivity index (χ4v) is 2.02. The Morgan fingerprint density at radius 3 is 3.16 bits per heavy atom. The van der Waals surface area contributed by atoms with Gasteiger partial charge in [-0.15, -0.1) is 0 Å². The maximum absolute atomic E-state index is 11.8. The molecule has 1 saturated heterocycles. The summed E-state index contributed by atoms with van der Waals surface area (Å²) in [5.74, 6) is 0.171. The van der Waals surface area contributed by atoms with Gasteiger partial charge in [-0.1, -0.05) is 5.11 Å². The SMILES string of the molecule is Cc1cn([C@@H]2C[C@H](N=[N+]=[N-])[C@@H](CO)O2)c(=O)nc1N. The zero-order valence-corrected chi connectivity index (χ0v) is 10.3. The van der Waals surface area contributed by atoms with Crippen LogP contribution < -0.4 is 11.4 Å². The van der Waals surface area contributed by atoms with Crippen LogP contribution in [-0.2, 0) is 4.74 Å². The van der Waals surface area contributed by atoms with Gasteiger partial charge in [0, 0.05) is 23.1 Å². The number of aromatic nitrogens is 2. The normalized spacial score (nSPS) is 26.1. The van der Waals surface area contributed by atoms with Crippen molar-refractivity contribution in [2.45, 2.75) is 31.7 Å². The van der Waals surface area contributed by atoms with Gasteiger partial charge in [-0.3, -0.25) is 4.57 Å². The minimum absolute atomic E-state index is 0.171. The van der Waals surface area contributed by atoms with Gasteiger partial charge in [-0.25, -0.2) is 4.79 Å². The van der Waals surface area contributed by atoms with Crippen LogP contribution >= 0.6 is 0 Å². The summed E-state index contributed by atoms with van der Waals surface area (Å²) in [5.41, 5.74) is 14.1. The standard InChI is InChI=1S/C10H14N6O3/c1-5-3-16(10(18)13-9(5)11)8-2-6(14-15-12)7(4-17)19-8/h3,6-8,17H,2,4H2,1H3,(H2,11,13,18)/t6-,7+,8-/m0/s1. The van der Waals surface area contributed by atoms with Gasteiger partial charge < -0.3 is 15.6 Å². The van der Waals surface area contributed by atoms with E-state index in [1.165, 1.54) is 4.57 Å². The highest BCUT2D eigenvalue weighted by molar-refractivity contribution is 5.35. The van der Waals surface area contributed by atoms with Gasteiger partial charge in [0.05, 0.1) is 18.8 Å². The van der Waals surface area contributed by atoms with Gasteiger partial charge in [-0.05, 0) is 12.5 Å². The van der Waals surface area contributed by atoms with E-state index in [0.717, 1.165) is 0 Å². The van der Waals surface area contributed by atoms with Gasteiger partial charge >= 0.3 is 5.69 Å². The lowest BCUT2D eigenvalue weighted by atomic mass is 10.1. The van der Waals surface area contributed by atoms with E-state index in [4.69, 9.17) is 21.1 Å². The number of aliphatic hydroxyl groups excluding tert-OH is 1. The molecule has 3 N–H and O–H groups in total. The Hall–Kier alpha value is -2.09. The Balaban J connectivity index is 2.32. The molecule has 2 rings (SSSR count). The first-order valence-electron chi connectivity index (χ1n) is 5.72. The third kappa shape index (κ3) is 2.53. The molecular weight excluding hydrogens is 252 g/mol. The van der Waals surface area contributed by atoms with Crippen molar-refractivity contribution in [3.8, 4) is 0 Å². The smallest absolute Gasteiger partial charge is 0.351 e. The molecular formula is C10H14N6O3. The van der Waals surface area contributed by atoms with Crippen molar-refractivity contribution in [2.24, 2.45) is 5.11 Å². The topological polar surface area (TPSA) is 139 Å². The first-order chi connectivity index (χ1) is 9.06. The third-order valence-electron chi connectivity index (χ3n) is 3.07. The molecule has 0 unspecified atom stereocenters. The molecule has 0 bridgehead atoms. The zero-order valence-electron chi connectivity index (χ0n) is 10.3. The summed E-state index contributed by atoms with van der Waals surface area (Å²) >= 11 is 0. The van der Waals surface area contributed by atoms with Crippen molar-refractivity contribution in [1.82, 2.24) is 9.55 Å². The van der Waals surface area contributed by atoms with E-state index >= 15 is 0 Å². The quantitative estimate of drug-likeness (QED) is 0.453. The number of anilines is 1. The van der Waals surface area contributed by atoms with Gasteiger partial charge in [-0.2, -0.15) is 4.98 Å². The summed E-state index contributed by atoms with van der Waals surface area (Å²) in [6.07, 6.45) is 0.611. The highest BCUT2D eigenvalue weighted by Gasteiger charge is 2.35. The van der Waals surface area contributed by atoms with Crippen molar-refractivity contribution in [3.63, 3.8) is 0 Å². The monoisotopic (exact) mass is 266 g/mol. The Bertz CT molecular complexity index is 579. The van der Waals surface area contributed by atoms with Gasteiger partial charge in [0.25, 0.3) is 0 Å². The number of aliphatic hydroxyl groups is 1. The lowest BCUT2D eigenvalue weighted by Gasteiger charge is -2.15. The Kier molecular flexibility index (Phi) is 3.70. The van der Waals surface area contributed by atoms with Crippen molar-refractivity contribution >= 4 is 5.82 Å². The number of nitrogens with zero attached hydrogens (tertiary/aromatic N) is 5. The van der Waals surface area contributed by atoms with E-state index in [1.807, 2.05) is 0 Å². The summed E-state index contributed by atoms with van der Waals surface area (Å²) in [5, 5.41) is 12.7. The molecule has 0 radical (unpaired) electrons. The molecule has 1 fully saturated rings. The average molecular weight is 266 g/mol. The van der Waals surface area contributed by atoms with Crippen LogP contribution in [-0.4, -0.2) is 33.4 Å². The van der Waals surface area contributed by atoms with Crippen LogP contribution in [0.5, 0.6) is 0 Å². The van der Waals surface area contributed by atoms with Crippen LogP contribution in [0.15, 0.2) is 16.1 Å². The molecule has 1 aliphatic heterocycles. The second-order valence-electron chi connectivity index (χ2n) is 4.32. The molecule has 3 atom stereocenters. The molecule has 1 aromatic heterocycles. The molecule has 0 saturated carbocycles. The second kappa shape index (κ2) is 5.27. The minimum Gasteiger partial charge on any atom is -0.394 e. The van der Waals surface area contributed by atoms with Gasteiger partial charge in [0.1, 0.15) is 12.0 Å². The number of nitrogen functional groups attached to an aromatic ring is 1. The van der Waals surface area contributed by atoms with Crippen LogP contribution in [0.25, 0.3) is 10.4 Å². The predicted octanol–water partition coefficient (Wildman–Crippen LogP) is 0.0926. The highest BCUT2D eigenvalue weighted by Crippen LogP contribution is 2.30. The van der Waals surface area contributed by atoms with Crippen LogP contribution in [0.4, 0.5) is 5.82 Å². The summed E-state index contributed by atoms with van der Waals surface area (Å²) in [6.45, 7) is 1.44. The molecule has 0 amide bonds. The van der Waals surface area contributed by atoms with E-state index in [0.29, 0.717) is 12.0 Å². The molecule has 0 aromatic carbocycles. The number of hydrogen-bond donors (Lipinski definition) is 2. The molecule has 2 heterocycles. The van der Waals surface area contributed by atoms with Crippen LogP contribution in [0.3, 0.4) is 0 Å². The van der Waals surface area contributed by atoms with Crippen molar-refractivity contribution in [1.29, 1.82) is 0 Å². The van der Waals surface area contributed by atoms with Crippen molar-refractivity contribution in [3.05, 3.63) is 32.7 Å².